The molecule has 1 aromatic rings. The Balaban J connectivity index is 2.62. The molecule has 0 radical (unpaired) electrons. The summed E-state index contributed by atoms with van der Waals surface area (Å²) in [6.07, 6.45) is 2.15. The average molecular weight is 321 g/mol. The molecule has 0 bridgehead atoms. The zero-order chi connectivity index (χ0) is 15.2. The number of unbranched alkanes of at least 4 members (excludes halogenated alkanes) is 1. The molecule has 1 aromatic carbocycles. The Morgan fingerprint density at radius 2 is 1.80 bits per heavy atom. The molecule has 0 aliphatic carbocycles. The molecule has 0 unspecified atom stereocenters. The molecule has 0 aliphatic rings. The van der Waals surface area contributed by atoms with Gasteiger partial charge in [0.25, 0.3) is 9.05 Å². The van der Waals surface area contributed by atoms with Crippen molar-refractivity contribution in [3.8, 4) is 5.75 Å². The molecule has 0 N–H and O–H groups in total. The minimum atomic E-state index is -3.72. The van der Waals surface area contributed by atoms with E-state index in [9.17, 15) is 8.42 Å². The summed E-state index contributed by atoms with van der Waals surface area (Å²) in [5.41, 5.74) is 1.32. The highest BCUT2D eigenvalue weighted by atomic mass is 35.7. The third-order valence-electron chi connectivity index (χ3n) is 2.86. The van der Waals surface area contributed by atoms with Gasteiger partial charge in [-0.15, -0.1) is 0 Å². The summed E-state index contributed by atoms with van der Waals surface area (Å²) in [4.78, 5) is 0.128. The van der Waals surface area contributed by atoms with Crippen molar-refractivity contribution >= 4 is 19.7 Å². The lowest BCUT2D eigenvalue weighted by Crippen LogP contribution is -2.08. The molecule has 6 heteroatoms. The quantitative estimate of drug-likeness (QED) is 0.544. The van der Waals surface area contributed by atoms with Gasteiger partial charge >= 0.3 is 0 Å². The Morgan fingerprint density at radius 3 is 2.40 bits per heavy atom. The normalized spacial score (nSPS) is 11.6. The van der Waals surface area contributed by atoms with E-state index in [2.05, 4.69) is 6.92 Å². The van der Waals surface area contributed by atoms with Crippen LogP contribution in [0.2, 0.25) is 0 Å². The Hall–Kier alpha value is -0.780. The smallest absolute Gasteiger partial charge is 0.261 e. The van der Waals surface area contributed by atoms with Gasteiger partial charge in [0.2, 0.25) is 0 Å². The van der Waals surface area contributed by atoms with Gasteiger partial charge in [0.05, 0.1) is 11.5 Å². The number of hydrogen-bond donors (Lipinski definition) is 0. The van der Waals surface area contributed by atoms with Crippen molar-refractivity contribution in [2.45, 2.75) is 38.5 Å². The zero-order valence-electron chi connectivity index (χ0n) is 12.1. The van der Waals surface area contributed by atoms with E-state index in [1.54, 1.807) is 19.9 Å². The Kier molecular flexibility index (Phi) is 6.79. The van der Waals surface area contributed by atoms with E-state index >= 15 is 0 Å². The van der Waals surface area contributed by atoms with Crippen LogP contribution in [0.1, 0.15) is 30.9 Å². The van der Waals surface area contributed by atoms with Crippen LogP contribution in [-0.2, 0) is 13.8 Å². The maximum absolute atomic E-state index is 11.4. The van der Waals surface area contributed by atoms with E-state index in [1.807, 2.05) is 0 Å². The SMILES string of the molecule is CCCCOCCOc1cc(C)c(S(=O)(=O)Cl)cc1C. The summed E-state index contributed by atoms with van der Waals surface area (Å²) in [6.45, 7) is 7.29. The van der Waals surface area contributed by atoms with Crippen molar-refractivity contribution in [3.63, 3.8) is 0 Å². The summed E-state index contributed by atoms with van der Waals surface area (Å²) in [5, 5.41) is 0. The molecule has 0 amide bonds. The number of rotatable bonds is 8. The summed E-state index contributed by atoms with van der Waals surface area (Å²) in [7, 11) is 1.66. The van der Waals surface area contributed by atoms with E-state index < -0.39 is 9.05 Å². The average Bonchev–Trinajstić information content (AvgIpc) is 2.35. The van der Waals surface area contributed by atoms with Gasteiger partial charge in [-0.25, -0.2) is 8.42 Å². The van der Waals surface area contributed by atoms with Crippen LogP contribution in [0.25, 0.3) is 0 Å². The fourth-order valence-electron chi connectivity index (χ4n) is 1.74. The van der Waals surface area contributed by atoms with Gasteiger partial charge < -0.3 is 9.47 Å². The van der Waals surface area contributed by atoms with Crippen molar-refractivity contribution in [1.82, 2.24) is 0 Å². The number of aryl methyl sites for hydroxylation is 2. The van der Waals surface area contributed by atoms with Gasteiger partial charge in [0.1, 0.15) is 12.4 Å². The summed E-state index contributed by atoms with van der Waals surface area (Å²) >= 11 is 0. The van der Waals surface area contributed by atoms with Gasteiger partial charge in [0, 0.05) is 17.3 Å². The summed E-state index contributed by atoms with van der Waals surface area (Å²) in [5.74, 6) is 0.658. The standard InChI is InChI=1S/C14H21ClO4S/c1-4-5-6-18-7-8-19-13-9-12(3)14(10-11(13)2)20(15,16)17/h9-10H,4-8H2,1-3H3. The van der Waals surface area contributed by atoms with Gasteiger partial charge in [-0.2, -0.15) is 0 Å². The van der Waals surface area contributed by atoms with E-state index in [4.69, 9.17) is 20.2 Å². The third kappa shape index (κ3) is 5.31. The Labute approximate surface area is 125 Å². The van der Waals surface area contributed by atoms with Crippen LogP contribution in [0.4, 0.5) is 0 Å². The molecule has 0 fully saturated rings. The maximum Gasteiger partial charge on any atom is 0.261 e. The molecular weight excluding hydrogens is 300 g/mol. The van der Waals surface area contributed by atoms with E-state index in [-0.39, 0.29) is 4.90 Å². The van der Waals surface area contributed by atoms with Crippen molar-refractivity contribution in [2.24, 2.45) is 0 Å². The van der Waals surface area contributed by atoms with Crippen LogP contribution >= 0.6 is 10.7 Å². The molecule has 0 atom stereocenters. The second kappa shape index (κ2) is 7.86. The van der Waals surface area contributed by atoms with Crippen LogP contribution in [0.5, 0.6) is 5.75 Å². The molecule has 0 aliphatic heterocycles. The maximum atomic E-state index is 11.4. The van der Waals surface area contributed by atoms with Gasteiger partial charge in [0.15, 0.2) is 0 Å². The fourth-order valence-corrected chi connectivity index (χ4v) is 3.00. The molecule has 0 saturated heterocycles. The zero-order valence-corrected chi connectivity index (χ0v) is 13.7. The first-order valence-electron chi connectivity index (χ1n) is 6.62. The lowest BCUT2D eigenvalue weighted by Gasteiger charge is -2.12. The molecule has 20 heavy (non-hydrogen) atoms. The lowest BCUT2D eigenvalue weighted by atomic mass is 10.1. The Morgan fingerprint density at radius 1 is 1.10 bits per heavy atom. The molecule has 0 saturated carbocycles. The number of benzene rings is 1. The summed E-state index contributed by atoms with van der Waals surface area (Å²) < 4.78 is 33.8. The Bertz CT molecular complexity index is 540. The monoisotopic (exact) mass is 320 g/mol. The van der Waals surface area contributed by atoms with E-state index in [0.29, 0.717) is 24.5 Å². The van der Waals surface area contributed by atoms with Gasteiger partial charge in [-0.3, -0.25) is 0 Å². The van der Waals surface area contributed by atoms with Gasteiger partial charge in [-0.1, -0.05) is 13.3 Å². The van der Waals surface area contributed by atoms with E-state index in [1.165, 1.54) is 6.07 Å². The molecule has 0 spiro atoms. The molecule has 0 heterocycles. The first-order chi connectivity index (χ1) is 9.36. The first kappa shape index (κ1) is 17.3. The van der Waals surface area contributed by atoms with Crippen molar-refractivity contribution in [3.05, 3.63) is 23.3 Å². The lowest BCUT2D eigenvalue weighted by molar-refractivity contribution is 0.0978. The van der Waals surface area contributed by atoms with Crippen molar-refractivity contribution < 1.29 is 17.9 Å². The first-order valence-corrected chi connectivity index (χ1v) is 8.93. The predicted molar refractivity (Wildman–Crippen MR) is 80.2 cm³/mol. The van der Waals surface area contributed by atoms with Crippen LogP contribution in [0.3, 0.4) is 0 Å². The van der Waals surface area contributed by atoms with Crippen LogP contribution in [-0.4, -0.2) is 28.2 Å². The largest absolute Gasteiger partial charge is 0.491 e. The second-order valence-electron chi connectivity index (χ2n) is 4.64. The highest BCUT2D eigenvalue weighted by molar-refractivity contribution is 8.13. The molecule has 114 valence electrons. The molecule has 0 aromatic heterocycles. The highest BCUT2D eigenvalue weighted by Gasteiger charge is 2.15. The third-order valence-corrected chi connectivity index (χ3v) is 4.33. The minimum Gasteiger partial charge on any atom is -0.491 e. The molecule has 4 nitrogen and oxygen atoms in total. The minimum absolute atomic E-state index is 0.128. The van der Waals surface area contributed by atoms with Crippen LogP contribution in [0, 0.1) is 13.8 Å². The number of hydrogen-bond acceptors (Lipinski definition) is 4. The number of ether oxygens (including phenoxy) is 2. The van der Waals surface area contributed by atoms with Crippen LogP contribution in [0.15, 0.2) is 17.0 Å². The van der Waals surface area contributed by atoms with Crippen molar-refractivity contribution in [2.75, 3.05) is 19.8 Å². The van der Waals surface area contributed by atoms with Gasteiger partial charge in [-0.05, 0) is 43.5 Å². The van der Waals surface area contributed by atoms with E-state index in [0.717, 1.165) is 25.0 Å². The number of halogens is 1. The topological polar surface area (TPSA) is 52.6 Å². The summed E-state index contributed by atoms with van der Waals surface area (Å²) in [6, 6.07) is 3.22. The molecular formula is C14H21ClO4S. The predicted octanol–water partition coefficient (Wildman–Crippen LogP) is 3.43. The highest BCUT2D eigenvalue weighted by Crippen LogP contribution is 2.27. The molecule has 1 rings (SSSR count). The second-order valence-corrected chi connectivity index (χ2v) is 7.17. The fraction of sp³-hybridized carbons (Fsp3) is 0.571. The van der Waals surface area contributed by atoms with Crippen molar-refractivity contribution in [1.29, 1.82) is 0 Å². The van der Waals surface area contributed by atoms with Crippen LogP contribution < -0.4 is 4.74 Å².